The van der Waals surface area contributed by atoms with Crippen LogP contribution in [-0.2, 0) is 0 Å². The summed E-state index contributed by atoms with van der Waals surface area (Å²) in [7, 11) is 0. The lowest BCUT2D eigenvalue weighted by Crippen LogP contribution is -1.93. The number of phenolic OH excluding ortho intramolecular Hbond substituents is 2. The van der Waals surface area contributed by atoms with E-state index in [2.05, 4.69) is 9.97 Å². The van der Waals surface area contributed by atoms with Crippen molar-refractivity contribution in [3.05, 3.63) is 82.9 Å². The van der Waals surface area contributed by atoms with Crippen molar-refractivity contribution < 1.29 is 15.1 Å². The summed E-state index contributed by atoms with van der Waals surface area (Å²) in [4.78, 5) is 17.5. The Hall–Kier alpha value is -5.36. The molecule has 0 amide bonds. The van der Waals surface area contributed by atoms with Gasteiger partial charge in [-0.1, -0.05) is 0 Å². The van der Waals surface area contributed by atoms with Gasteiger partial charge in [0.15, 0.2) is 17.1 Å². The van der Waals surface area contributed by atoms with Crippen molar-refractivity contribution in [3.63, 3.8) is 0 Å². The largest absolute Gasteiger partial charge is 0.506 e. The molecule has 12 heteroatoms. The number of nitro benzene ring substituents is 1. The Kier molecular flexibility index (Phi) is 5.99. The maximum absolute atomic E-state index is 10.5. The second-order valence-electron chi connectivity index (χ2n) is 6.23. The van der Waals surface area contributed by atoms with Crippen molar-refractivity contribution in [2.45, 2.75) is 0 Å². The van der Waals surface area contributed by atoms with Crippen LogP contribution in [-0.4, -0.2) is 34.2 Å². The van der Waals surface area contributed by atoms with Gasteiger partial charge in [-0.2, -0.15) is 10.5 Å². The minimum absolute atomic E-state index is 0.0136. The highest BCUT2D eigenvalue weighted by molar-refractivity contribution is 5.56. The summed E-state index contributed by atoms with van der Waals surface area (Å²) in [5, 5.41) is 46.6. The fourth-order valence-corrected chi connectivity index (χ4v) is 2.56. The molecule has 0 fully saturated rings. The lowest BCUT2D eigenvalue weighted by Gasteiger charge is -2.03. The van der Waals surface area contributed by atoms with Gasteiger partial charge in [0, 0.05) is 30.6 Å². The number of nitrogens with two attached hydrogens (primary N) is 1. The molecule has 12 nitrogen and oxygen atoms in total. The number of anilines is 1. The summed E-state index contributed by atoms with van der Waals surface area (Å²) >= 11 is 0. The van der Waals surface area contributed by atoms with Gasteiger partial charge in [-0.25, -0.2) is 9.97 Å². The van der Waals surface area contributed by atoms with E-state index in [0.29, 0.717) is 22.8 Å². The SMILES string of the molecule is N#Cc1cn(-c2ccc(N)c(O)c2)cn1.N#Cc1cn(-c2ccc([N+](=O)[O-])c(O)c2)cn1. The molecule has 0 saturated heterocycles. The van der Waals surface area contributed by atoms with Crippen LogP contribution in [0.25, 0.3) is 11.4 Å². The van der Waals surface area contributed by atoms with E-state index in [1.54, 1.807) is 22.9 Å². The van der Waals surface area contributed by atoms with Crippen LogP contribution in [0.5, 0.6) is 11.5 Å². The highest BCUT2D eigenvalue weighted by atomic mass is 16.6. The Balaban J connectivity index is 0.000000182. The number of rotatable bonds is 3. The number of hydrogen-bond donors (Lipinski definition) is 3. The molecule has 0 atom stereocenters. The van der Waals surface area contributed by atoms with E-state index in [-0.39, 0.29) is 17.1 Å². The summed E-state index contributed by atoms with van der Waals surface area (Å²) in [5.41, 5.74) is 7.17. The lowest BCUT2D eigenvalue weighted by molar-refractivity contribution is -0.385. The molecule has 0 spiro atoms. The van der Waals surface area contributed by atoms with Crippen LogP contribution >= 0.6 is 0 Å². The van der Waals surface area contributed by atoms with Crippen LogP contribution in [0.3, 0.4) is 0 Å². The van der Waals surface area contributed by atoms with Gasteiger partial charge < -0.3 is 25.1 Å². The first-order chi connectivity index (χ1) is 15.3. The van der Waals surface area contributed by atoms with Crippen LogP contribution in [0, 0.1) is 32.8 Å². The minimum atomic E-state index is -0.673. The summed E-state index contributed by atoms with van der Waals surface area (Å²) in [6.45, 7) is 0. The zero-order valence-corrected chi connectivity index (χ0v) is 16.2. The van der Waals surface area contributed by atoms with Crippen molar-refractivity contribution in [1.29, 1.82) is 10.5 Å². The molecule has 0 saturated carbocycles. The number of benzene rings is 2. The molecule has 158 valence electrons. The van der Waals surface area contributed by atoms with Crippen molar-refractivity contribution in [3.8, 4) is 35.0 Å². The van der Waals surface area contributed by atoms with E-state index in [4.69, 9.17) is 16.3 Å². The van der Waals surface area contributed by atoms with Gasteiger partial charge in [0.1, 0.15) is 30.5 Å². The quantitative estimate of drug-likeness (QED) is 0.189. The number of nitrogens with zero attached hydrogens (tertiary/aromatic N) is 7. The van der Waals surface area contributed by atoms with Crippen LogP contribution in [0.1, 0.15) is 11.4 Å². The number of nitrogen functional groups attached to an aromatic ring is 1. The van der Waals surface area contributed by atoms with E-state index < -0.39 is 10.7 Å². The average molecular weight is 430 g/mol. The predicted molar refractivity (Wildman–Crippen MR) is 111 cm³/mol. The average Bonchev–Trinajstić information content (AvgIpc) is 3.45. The first-order valence-corrected chi connectivity index (χ1v) is 8.77. The van der Waals surface area contributed by atoms with Gasteiger partial charge in [-0.05, 0) is 18.2 Å². The van der Waals surface area contributed by atoms with Crippen LogP contribution in [0.2, 0.25) is 0 Å². The Bertz CT molecular complexity index is 1380. The van der Waals surface area contributed by atoms with Gasteiger partial charge in [0.2, 0.25) is 0 Å². The van der Waals surface area contributed by atoms with Crippen LogP contribution < -0.4 is 5.73 Å². The molecule has 0 bridgehead atoms. The minimum Gasteiger partial charge on any atom is -0.506 e. The summed E-state index contributed by atoms with van der Waals surface area (Å²) in [6, 6.07) is 12.5. The van der Waals surface area contributed by atoms with Gasteiger partial charge >= 0.3 is 5.69 Å². The lowest BCUT2D eigenvalue weighted by atomic mass is 10.2. The van der Waals surface area contributed by atoms with E-state index in [1.165, 1.54) is 47.7 Å². The van der Waals surface area contributed by atoms with Gasteiger partial charge in [-0.15, -0.1) is 0 Å². The summed E-state index contributed by atoms with van der Waals surface area (Å²) in [5.74, 6) is -0.417. The smallest absolute Gasteiger partial charge is 0.310 e. The third kappa shape index (κ3) is 4.61. The van der Waals surface area contributed by atoms with Crippen LogP contribution in [0.4, 0.5) is 11.4 Å². The number of aromatic nitrogens is 4. The van der Waals surface area contributed by atoms with E-state index in [1.807, 2.05) is 12.1 Å². The molecule has 2 aromatic heterocycles. The first-order valence-electron chi connectivity index (χ1n) is 8.77. The van der Waals surface area contributed by atoms with Crippen molar-refractivity contribution in [1.82, 2.24) is 19.1 Å². The fraction of sp³-hybridized carbons (Fsp3) is 0. The molecule has 4 rings (SSSR count). The van der Waals surface area contributed by atoms with Crippen molar-refractivity contribution >= 4 is 11.4 Å². The third-order valence-electron chi connectivity index (χ3n) is 4.16. The number of nitro groups is 1. The summed E-state index contributed by atoms with van der Waals surface area (Å²) < 4.78 is 3.12. The zero-order valence-electron chi connectivity index (χ0n) is 16.2. The number of aromatic hydroxyl groups is 2. The standard InChI is InChI=1S/C10H6N4O3.C10H8N4O/c11-4-7-5-13(6-12-7)8-1-2-9(14(16)17)10(15)3-8;11-4-7-5-14(6-13-7)8-1-2-9(12)10(15)3-8/h1-3,5-6,15H;1-3,5-6,15H,12H2. The number of imidazole rings is 2. The van der Waals surface area contributed by atoms with Gasteiger partial charge in [-0.3, -0.25) is 10.1 Å². The number of phenols is 2. The van der Waals surface area contributed by atoms with Gasteiger partial charge in [0.25, 0.3) is 0 Å². The van der Waals surface area contributed by atoms with Crippen molar-refractivity contribution in [2.24, 2.45) is 0 Å². The molecular weight excluding hydrogens is 416 g/mol. The molecule has 2 aromatic carbocycles. The molecule has 0 unspecified atom stereocenters. The molecule has 0 aliphatic heterocycles. The van der Waals surface area contributed by atoms with E-state index in [0.717, 1.165) is 0 Å². The maximum atomic E-state index is 10.5. The number of hydrogen-bond acceptors (Lipinski definition) is 9. The van der Waals surface area contributed by atoms with E-state index in [9.17, 15) is 20.3 Å². The first kappa shape index (κ1) is 21.4. The second-order valence-corrected chi connectivity index (χ2v) is 6.23. The molecule has 0 aliphatic rings. The Morgan fingerprint density at radius 1 is 0.906 bits per heavy atom. The Morgan fingerprint density at radius 3 is 1.81 bits per heavy atom. The maximum Gasteiger partial charge on any atom is 0.310 e. The molecule has 32 heavy (non-hydrogen) atoms. The highest BCUT2D eigenvalue weighted by Gasteiger charge is 2.13. The van der Waals surface area contributed by atoms with E-state index >= 15 is 0 Å². The normalized spacial score (nSPS) is 9.81. The van der Waals surface area contributed by atoms with Gasteiger partial charge in [0.05, 0.1) is 22.0 Å². The second kappa shape index (κ2) is 8.98. The molecule has 0 aliphatic carbocycles. The monoisotopic (exact) mass is 430 g/mol. The predicted octanol–water partition coefficient (Wildman–Crippen LogP) is 2.39. The Morgan fingerprint density at radius 2 is 1.41 bits per heavy atom. The highest BCUT2D eigenvalue weighted by Crippen LogP contribution is 2.27. The third-order valence-corrected chi connectivity index (χ3v) is 4.16. The fourth-order valence-electron chi connectivity index (χ4n) is 2.56. The molecular formula is C20H14N8O4. The van der Waals surface area contributed by atoms with Crippen molar-refractivity contribution in [2.75, 3.05) is 5.73 Å². The topological polar surface area (TPSA) is 193 Å². The molecule has 4 N–H and O–H groups in total. The molecule has 4 aromatic rings. The Labute approximate surface area is 180 Å². The zero-order chi connectivity index (χ0) is 23.3. The van der Waals surface area contributed by atoms with Crippen LogP contribution in [0.15, 0.2) is 61.4 Å². The summed E-state index contributed by atoms with van der Waals surface area (Å²) in [6.07, 6.45) is 5.92. The molecule has 0 radical (unpaired) electrons. The molecule has 2 heterocycles. The number of nitriles is 2.